The first-order valence-corrected chi connectivity index (χ1v) is 8.01. The van der Waals surface area contributed by atoms with Gasteiger partial charge in [-0.3, -0.25) is 9.59 Å². The summed E-state index contributed by atoms with van der Waals surface area (Å²) in [6, 6.07) is 10.8. The first-order chi connectivity index (χ1) is 12.1. The Morgan fingerprint density at radius 3 is 2.88 bits per heavy atom. The summed E-state index contributed by atoms with van der Waals surface area (Å²) in [4.78, 5) is 26.9. The van der Waals surface area contributed by atoms with Crippen LogP contribution in [0, 0.1) is 6.92 Å². The molecule has 1 fully saturated rings. The van der Waals surface area contributed by atoms with Crippen LogP contribution in [-0.4, -0.2) is 31.1 Å². The lowest BCUT2D eigenvalue weighted by atomic mass is 10.1. The molecule has 8 heteroatoms. The highest BCUT2D eigenvalue weighted by Gasteiger charge is 2.28. The number of carbonyl (C=O) groups is 1. The van der Waals surface area contributed by atoms with Crippen molar-refractivity contribution in [3.05, 3.63) is 58.0 Å². The van der Waals surface area contributed by atoms with Gasteiger partial charge in [-0.1, -0.05) is 12.1 Å². The van der Waals surface area contributed by atoms with Crippen molar-refractivity contribution in [2.24, 2.45) is 0 Å². The fourth-order valence-corrected chi connectivity index (χ4v) is 2.63. The molecule has 0 saturated heterocycles. The second kappa shape index (κ2) is 5.97. The summed E-state index contributed by atoms with van der Waals surface area (Å²) in [5.41, 5.74) is 1.75. The van der Waals surface area contributed by atoms with E-state index in [4.69, 9.17) is 0 Å². The van der Waals surface area contributed by atoms with Crippen LogP contribution < -0.4 is 10.9 Å². The third-order valence-corrected chi connectivity index (χ3v) is 4.06. The van der Waals surface area contributed by atoms with Crippen molar-refractivity contribution in [1.29, 1.82) is 0 Å². The van der Waals surface area contributed by atoms with E-state index in [1.807, 2.05) is 16.8 Å². The summed E-state index contributed by atoms with van der Waals surface area (Å²) in [6.07, 6.45) is 2.15. The molecule has 0 bridgehead atoms. The third-order valence-electron chi connectivity index (χ3n) is 4.06. The highest BCUT2D eigenvalue weighted by Crippen LogP contribution is 2.36. The van der Waals surface area contributed by atoms with Crippen LogP contribution in [0.5, 0.6) is 0 Å². The number of aryl methyl sites for hydroxylation is 1. The van der Waals surface area contributed by atoms with Gasteiger partial charge in [-0.15, -0.1) is 5.10 Å². The van der Waals surface area contributed by atoms with Crippen LogP contribution >= 0.6 is 0 Å². The van der Waals surface area contributed by atoms with Crippen LogP contribution in [0.1, 0.15) is 34.9 Å². The normalized spacial score (nSPS) is 13.6. The number of anilines is 1. The predicted molar refractivity (Wildman–Crippen MR) is 91.3 cm³/mol. The van der Waals surface area contributed by atoms with Gasteiger partial charge in [-0.05, 0) is 54.5 Å². The SMILES string of the molecule is Cc1ccc(C(=O)Nc2cccc(-c3nnnn3C3CC3)c2)c(=O)[nH]1. The average molecular weight is 336 g/mol. The van der Waals surface area contributed by atoms with Crippen molar-refractivity contribution in [2.45, 2.75) is 25.8 Å². The maximum atomic E-state index is 12.4. The Hall–Kier alpha value is -3.29. The lowest BCUT2D eigenvalue weighted by Gasteiger charge is -2.07. The number of benzene rings is 1. The first kappa shape index (κ1) is 15.3. The molecule has 1 aliphatic carbocycles. The van der Waals surface area contributed by atoms with Crippen LogP contribution in [-0.2, 0) is 0 Å². The molecule has 3 aromatic rings. The summed E-state index contributed by atoms with van der Waals surface area (Å²) in [6.45, 7) is 1.76. The zero-order valence-corrected chi connectivity index (χ0v) is 13.6. The lowest BCUT2D eigenvalue weighted by molar-refractivity contribution is 0.102. The standard InChI is InChI=1S/C17H16N6O2/c1-10-5-8-14(16(24)18-10)17(25)19-12-4-2-3-11(9-12)15-20-21-22-23(15)13-6-7-13/h2-5,8-9,13H,6-7H2,1H3,(H,18,24)(H,19,25). The monoisotopic (exact) mass is 336 g/mol. The second-order valence-electron chi connectivity index (χ2n) is 6.10. The molecule has 1 aliphatic rings. The molecule has 4 rings (SSSR count). The van der Waals surface area contributed by atoms with Crippen LogP contribution in [0.3, 0.4) is 0 Å². The van der Waals surface area contributed by atoms with Gasteiger partial charge in [0.25, 0.3) is 11.5 Å². The molecule has 2 aromatic heterocycles. The summed E-state index contributed by atoms with van der Waals surface area (Å²) in [7, 11) is 0. The Balaban J connectivity index is 1.60. The van der Waals surface area contributed by atoms with Gasteiger partial charge in [0.15, 0.2) is 5.82 Å². The number of amides is 1. The van der Waals surface area contributed by atoms with Crippen LogP contribution in [0.2, 0.25) is 0 Å². The molecule has 1 saturated carbocycles. The average Bonchev–Trinajstić information content (AvgIpc) is 3.31. The fraction of sp³-hybridized carbons (Fsp3) is 0.235. The number of nitrogens with one attached hydrogen (secondary N) is 2. The Labute approximate surface area is 142 Å². The minimum Gasteiger partial charge on any atom is -0.326 e. The molecule has 1 aromatic carbocycles. The van der Waals surface area contributed by atoms with E-state index in [1.54, 1.807) is 25.1 Å². The second-order valence-corrected chi connectivity index (χ2v) is 6.10. The number of aromatic nitrogens is 5. The van der Waals surface area contributed by atoms with Crippen molar-refractivity contribution in [3.8, 4) is 11.4 Å². The number of rotatable bonds is 4. The van der Waals surface area contributed by atoms with Gasteiger partial charge in [-0.25, -0.2) is 4.68 Å². The van der Waals surface area contributed by atoms with Gasteiger partial charge in [-0.2, -0.15) is 0 Å². The van der Waals surface area contributed by atoms with E-state index in [0.29, 0.717) is 23.2 Å². The van der Waals surface area contributed by atoms with E-state index < -0.39 is 11.5 Å². The molecule has 8 nitrogen and oxygen atoms in total. The summed E-state index contributed by atoms with van der Waals surface area (Å²) in [5.74, 6) is 0.215. The van der Waals surface area contributed by atoms with E-state index in [9.17, 15) is 9.59 Å². The van der Waals surface area contributed by atoms with Crippen LogP contribution in [0.25, 0.3) is 11.4 Å². The molecule has 2 heterocycles. The topological polar surface area (TPSA) is 106 Å². The number of carbonyl (C=O) groups excluding carboxylic acids is 1. The van der Waals surface area contributed by atoms with Crippen molar-refractivity contribution < 1.29 is 4.79 Å². The molecule has 126 valence electrons. The van der Waals surface area contributed by atoms with E-state index >= 15 is 0 Å². The van der Waals surface area contributed by atoms with Gasteiger partial charge in [0, 0.05) is 16.9 Å². The Morgan fingerprint density at radius 1 is 1.28 bits per heavy atom. The number of nitrogens with zero attached hydrogens (tertiary/aromatic N) is 4. The fourth-order valence-electron chi connectivity index (χ4n) is 2.63. The minimum absolute atomic E-state index is 0.0683. The number of hydrogen-bond acceptors (Lipinski definition) is 5. The third kappa shape index (κ3) is 3.06. The van der Waals surface area contributed by atoms with Crippen molar-refractivity contribution in [1.82, 2.24) is 25.2 Å². The number of hydrogen-bond donors (Lipinski definition) is 2. The largest absolute Gasteiger partial charge is 0.326 e. The van der Waals surface area contributed by atoms with Gasteiger partial charge >= 0.3 is 0 Å². The number of tetrazole rings is 1. The highest BCUT2D eigenvalue weighted by atomic mass is 16.2. The molecule has 0 radical (unpaired) electrons. The van der Waals surface area contributed by atoms with E-state index in [2.05, 4.69) is 25.8 Å². The molecular weight excluding hydrogens is 320 g/mol. The van der Waals surface area contributed by atoms with E-state index in [-0.39, 0.29) is 5.56 Å². The molecular formula is C17H16N6O2. The molecule has 2 N–H and O–H groups in total. The summed E-state index contributed by atoms with van der Waals surface area (Å²) >= 11 is 0. The van der Waals surface area contributed by atoms with E-state index in [0.717, 1.165) is 18.4 Å². The van der Waals surface area contributed by atoms with E-state index in [1.165, 1.54) is 6.07 Å². The lowest BCUT2D eigenvalue weighted by Crippen LogP contribution is -2.23. The van der Waals surface area contributed by atoms with Gasteiger partial charge in [0.1, 0.15) is 5.56 Å². The number of pyridine rings is 1. The van der Waals surface area contributed by atoms with Crippen LogP contribution in [0.15, 0.2) is 41.2 Å². The number of H-pyrrole nitrogens is 1. The van der Waals surface area contributed by atoms with Crippen LogP contribution in [0.4, 0.5) is 5.69 Å². The maximum Gasteiger partial charge on any atom is 0.261 e. The molecule has 0 unspecified atom stereocenters. The summed E-state index contributed by atoms with van der Waals surface area (Å²) < 4.78 is 1.81. The Kier molecular flexibility index (Phi) is 3.64. The van der Waals surface area contributed by atoms with Gasteiger partial charge in [0.05, 0.1) is 6.04 Å². The highest BCUT2D eigenvalue weighted by molar-refractivity contribution is 6.04. The first-order valence-electron chi connectivity index (χ1n) is 8.01. The quantitative estimate of drug-likeness (QED) is 0.757. The number of aromatic amines is 1. The van der Waals surface area contributed by atoms with Crippen molar-refractivity contribution >= 4 is 11.6 Å². The molecule has 0 atom stereocenters. The van der Waals surface area contributed by atoms with Gasteiger partial charge in [0.2, 0.25) is 0 Å². The Bertz CT molecular complexity index is 1000. The zero-order chi connectivity index (χ0) is 17.4. The summed E-state index contributed by atoms with van der Waals surface area (Å²) in [5, 5.41) is 14.6. The van der Waals surface area contributed by atoms with Crippen molar-refractivity contribution in [3.63, 3.8) is 0 Å². The smallest absolute Gasteiger partial charge is 0.261 e. The molecule has 1 amide bonds. The van der Waals surface area contributed by atoms with Crippen molar-refractivity contribution in [2.75, 3.05) is 5.32 Å². The zero-order valence-electron chi connectivity index (χ0n) is 13.6. The predicted octanol–water partition coefficient (Wildman–Crippen LogP) is 1.92. The maximum absolute atomic E-state index is 12.4. The van der Waals surface area contributed by atoms with Gasteiger partial charge < -0.3 is 10.3 Å². The molecule has 0 aliphatic heterocycles. The molecule has 25 heavy (non-hydrogen) atoms. The Morgan fingerprint density at radius 2 is 2.12 bits per heavy atom. The minimum atomic E-state index is -0.458. The molecule has 0 spiro atoms.